The first-order valence-corrected chi connectivity index (χ1v) is 12.1. The van der Waals surface area contributed by atoms with Crippen LogP contribution >= 0.6 is 0 Å². The van der Waals surface area contributed by atoms with Gasteiger partial charge in [0.25, 0.3) is 15.0 Å². The summed E-state index contributed by atoms with van der Waals surface area (Å²) in [6.45, 7) is 2.85. The second-order valence-electron chi connectivity index (χ2n) is 7.49. The highest BCUT2D eigenvalue weighted by molar-refractivity contribution is 7.91. The van der Waals surface area contributed by atoms with Crippen LogP contribution in [0.25, 0.3) is 0 Å². The number of hydrogen-bond acceptors (Lipinski definition) is 5. The van der Waals surface area contributed by atoms with Crippen LogP contribution in [0.4, 0.5) is 17.6 Å². The van der Waals surface area contributed by atoms with Gasteiger partial charge in [-0.15, -0.1) is 0 Å². The van der Waals surface area contributed by atoms with E-state index in [1.807, 2.05) is 0 Å². The minimum absolute atomic E-state index is 0.400. The summed E-state index contributed by atoms with van der Waals surface area (Å²) in [6.07, 6.45) is 6.55. The lowest BCUT2D eigenvalue weighted by Crippen LogP contribution is -2.68. The maximum Gasteiger partial charge on any atom is 0.347 e. The molecule has 0 radical (unpaired) electrons. The van der Waals surface area contributed by atoms with Crippen LogP contribution in [0.5, 0.6) is 0 Å². The van der Waals surface area contributed by atoms with Gasteiger partial charge in [-0.25, -0.2) is 17.2 Å². The molecule has 0 saturated carbocycles. The SMILES string of the molecule is CCCC(F)(C(F)(F)C(F)(C(C)C)S(=O)(=O)N1C=CC2C=CC=CC21)S(=O)(=O)OC. The van der Waals surface area contributed by atoms with Gasteiger partial charge in [0, 0.05) is 24.5 Å². The summed E-state index contributed by atoms with van der Waals surface area (Å²) >= 11 is 0. The third-order valence-electron chi connectivity index (χ3n) is 5.38. The number of rotatable bonds is 9. The zero-order valence-electron chi connectivity index (χ0n) is 16.9. The molecule has 0 aromatic rings. The van der Waals surface area contributed by atoms with Gasteiger partial charge < -0.3 is 0 Å². The van der Waals surface area contributed by atoms with Gasteiger partial charge in [-0.2, -0.15) is 17.2 Å². The Morgan fingerprint density at radius 2 is 1.60 bits per heavy atom. The number of halogens is 4. The van der Waals surface area contributed by atoms with Crippen LogP contribution in [0.3, 0.4) is 0 Å². The minimum atomic E-state index is -5.69. The molecule has 6 nitrogen and oxygen atoms in total. The van der Waals surface area contributed by atoms with Crippen molar-refractivity contribution in [2.75, 3.05) is 7.11 Å². The molecule has 2 aliphatic rings. The van der Waals surface area contributed by atoms with Crippen LogP contribution in [0.15, 0.2) is 36.6 Å². The third kappa shape index (κ3) is 3.22. The predicted molar refractivity (Wildman–Crippen MR) is 104 cm³/mol. The highest BCUT2D eigenvalue weighted by Gasteiger charge is 2.80. The molecule has 1 heterocycles. The van der Waals surface area contributed by atoms with Crippen molar-refractivity contribution >= 4 is 20.1 Å². The second-order valence-corrected chi connectivity index (χ2v) is 11.3. The van der Waals surface area contributed by atoms with Gasteiger partial charge in [0.1, 0.15) is 0 Å². The summed E-state index contributed by atoms with van der Waals surface area (Å²) in [5, 5.41) is -9.20. The fourth-order valence-corrected chi connectivity index (χ4v) is 7.09. The number of alkyl halides is 4. The maximum absolute atomic E-state index is 16.2. The van der Waals surface area contributed by atoms with Crippen molar-refractivity contribution in [3.05, 3.63) is 36.6 Å². The lowest BCUT2D eigenvalue weighted by molar-refractivity contribution is -0.181. The Morgan fingerprint density at radius 1 is 1.03 bits per heavy atom. The predicted octanol–water partition coefficient (Wildman–Crippen LogP) is 3.66. The number of sulfonamides is 1. The molecule has 0 aromatic heterocycles. The number of hydrogen-bond donors (Lipinski definition) is 0. The van der Waals surface area contributed by atoms with E-state index < -0.39 is 66.8 Å². The Morgan fingerprint density at radius 3 is 2.10 bits per heavy atom. The van der Waals surface area contributed by atoms with Crippen LogP contribution in [0.1, 0.15) is 33.6 Å². The quantitative estimate of drug-likeness (QED) is 0.376. The average Bonchev–Trinajstić information content (AvgIpc) is 3.11. The molecule has 0 spiro atoms. The van der Waals surface area contributed by atoms with E-state index in [0.717, 1.165) is 20.0 Å². The summed E-state index contributed by atoms with van der Waals surface area (Å²) < 4.78 is 118. The molecule has 1 aliphatic heterocycles. The summed E-state index contributed by atoms with van der Waals surface area (Å²) in [5.41, 5.74) is 0. The largest absolute Gasteiger partial charge is 0.347 e. The van der Waals surface area contributed by atoms with Crippen LogP contribution in [-0.4, -0.2) is 50.2 Å². The molecule has 12 heteroatoms. The summed E-state index contributed by atoms with van der Waals surface area (Å²) in [7, 11) is -10.8. The van der Waals surface area contributed by atoms with Gasteiger partial charge in [-0.1, -0.05) is 57.6 Å². The van der Waals surface area contributed by atoms with E-state index in [4.69, 9.17) is 0 Å². The number of allylic oxidation sites excluding steroid dienone is 2. The first-order valence-electron chi connectivity index (χ1n) is 9.28. The van der Waals surface area contributed by atoms with Gasteiger partial charge in [-0.05, 0) is 0 Å². The Kier molecular flexibility index (Phi) is 6.58. The molecule has 30 heavy (non-hydrogen) atoms. The highest BCUT2D eigenvalue weighted by Crippen LogP contribution is 2.55. The Balaban J connectivity index is 2.72. The van der Waals surface area contributed by atoms with E-state index in [2.05, 4.69) is 4.18 Å². The van der Waals surface area contributed by atoms with Crippen molar-refractivity contribution in [2.45, 2.75) is 55.6 Å². The van der Waals surface area contributed by atoms with Gasteiger partial charge in [0.15, 0.2) is 0 Å². The van der Waals surface area contributed by atoms with Crippen LogP contribution in [0.2, 0.25) is 0 Å². The Bertz CT molecular complexity index is 961. The Labute approximate surface area is 174 Å². The number of nitrogens with zero attached hydrogens (tertiary/aromatic N) is 1. The van der Waals surface area contributed by atoms with Gasteiger partial charge >= 0.3 is 21.0 Å². The van der Waals surface area contributed by atoms with E-state index in [-0.39, 0.29) is 0 Å². The average molecular weight is 476 g/mol. The summed E-state index contributed by atoms with van der Waals surface area (Å²) in [6, 6.07) is -1.02. The molecule has 2 rings (SSSR count). The second kappa shape index (κ2) is 7.94. The Hall–Kier alpha value is -1.40. The molecule has 172 valence electrons. The molecule has 0 amide bonds. The first kappa shape index (κ1) is 24.9. The van der Waals surface area contributed by atoms with Crippen LogP contribution in [-0.2, 0) is 24.3 Å². The van der Waals surface area contributed by atoms with E-state index in [0.29, 0.717) is 11.4 Å². The van der Waals surface area contributed by atoms with Crippen molar-refractivity contribution in [3.63, 3.8) is 0 Å². The monoisotopic (exact) mass is 475 g/mol. The molecule has 0 N–H and O–H groups in total. The maximum atomic E-state index is 16.2. The number of fused-ring (bicyclic) bond motifs is 1. The lowest BCUT2D eigenvalue weighted by atomic mass is 9.95. The van der Waals surface area contributed by atoms with Crippen molar-refractivity contribution in [2.24, 2.45) is 11.8 Å². The third-order valence-corrected chi connectivity index (χ3v) is 9.47. The minimum Gasteiger partial charge on any atom is -0.271 e. The van der Waals surface area contributed by atoms with E-state index >= 15 is 17.6 Å². The van der Waals surface area contributed by atoms with Gasteiger partial charge in [0.2, 0.25) is 0 Å². The van der Waals surface area contributed by atoms with E-state index in [1.54, 1.807) is 12.2 Å². The van der Waals surface area contributed by atoms with Crippen molar-refractivity contribution in [3.8, 4) is 0 Å². The summed E-state index contributed by atoms with van der Waals surface area (Å²) in [5.74, 6) is -8.03. The standard InChI is InChI=1S/C18H25F4NO5S2/c1-5-11-16(19,30(26,27)28-4)18(21,22)17(20,13(2)3)29(24,25)23-12-10-14-8-6-7-9-15(14)23/h6-10,12-15H,5,11H2,1-4H3. The normalized spacial score (nSPS) is 26.0. The van der Waals surface area contributed by atoms with Gasteiger partial charge in [-0.3, -0.25) is 8.49 Å². The van der Waals surface area contributed by atoms with E-state index in [1.165, 1.54) is 25.2 Å². The smallest absolute Gasteiger partial charge is 0.271 e. The summed E-state index contributed by atoms with van der Waals surface area (Å²) in [4.78, 5) is 0. The molecule has 4 atom stereocenters. The zero-order chi connectivity index (χ0) is 23.2. The molecule has 0 aromatic carbocycles. The van der Waals surface area contributed by atoms with Gasteiger partial charge in [0.05, 0.1) is 13.2 Å². The van der Waals surface area contributed by atoms with Crippen LogP contribution < -0.4 is 0 Å². The van der Waals surface area contributed by atoms with Crippen LogP contribution in [0, 0.1) is 11.8 Å². The molecule has 4 unspecified atom stereocenters. The molecule has 0 bridgehead atoms. The molecule has 1 aliphatic carbocycles. The van der Waals surface area contributed by atoms with Crippen molar-refractivity contribution < 1.29 is 38.6 Å². The molecule has 0 fully saturated rings. The highest BCUT2D eigenvalue weighted by atomic mass is 32.2. The van der Waals surface area contributed by atoms with Crippen molar-refractivity contribution in [1.29, 1.82) is 0 Å². The lowest BCUT2D eigenvalue weighted by Gasteiger charge is -2.44. The van der Waals surface area contributed by atoms with E-state index in [9.17, 15) is 16.8 Å². The fourth-order valence-electron chi connectivity index (χ4n) is 3.69. The zero-order valence-corrected chi connectivity index (χ0v) is 18.6. The fraction of sp³-hybridized carbons (Fsp3) is 0.667. The molecular formula is C18H25F4NO5S2. The molecular weight excluding hydrogens is 450 g/mol. The molecule has 0 saturated heterocycles. The topological polar surface area (TPSA) is 80.8 Å². The first-order chi connectivity index (χ1) is 13.7. The van der Waals surface area contributed by atoms with Crippen molar-refractivity contribution in [1.82, 2.24) is 4.31 Å².